The maximum absolute atomic E-state index is 13.6. The zero-order valence-corrected chi connectivity index (χ0v) is 11.2. The molecule has 100 valence electrons. The molecule has 0 aliphatic carbocycles. The molecule has 1 aromatic rings. The van der Waals surface area contributed by atoms with E-state index in [4.69, 9.17) is 4.74 Å². The molecular formula is C14H20FNO2. The van der Waals surface area contributed by atoms with Crippen LogP contribution >= 0.6 is 0 Å². The van der Waals surface area contributed by atoms with Gasteiger partial charge in [0.15, 0.2) is 0 Å². The fourth-order valence-electron chi connectivity index (χ4n) is 2.29. The number of rotatable bonds is 1. The van der Waals surface area contributed by atoms with E-state index in [2.05, 4.69) is 5.32 Å². The van der Waals surface area contributed by atoms with Crippen molar-refractivity contribution in [2.45, 2.75) is 45.1 Å². The maximum Gasteiger partial charge on any atom is 0.208 e. The number of nitrogens with one attached hydrogen (secondary N) is 1. The number of hydrogen-bond acceptors (Lipinski definition) is 3. The first-order valence-electron chi connectivity index (χ1n) is 6.15. The van der Waals surface area contributed by atoms with Crippen molar-refractivity contribution in [3.05, 3.63) is 35.1 Å². The van der Waals surface area contributed by atoms with E-state index in [0.717, 1.165) is 0 Å². The predicted molar refractivity (Wildman–Crippen MR) is 67.7 cm³/mol. The molecule has 1 saturated heterocycles. The second kappa shape index (κ2) is 4.30. The van der Waals surface area contributed by atoms with Crippen LogP contribution in [0.4, 0.5) is 4.39 Å². The average molecular weight is 253 g/mol. The SMILES string of the molecule is Cc1ccc(C2(O)OCC(C)(C)NC2C)cc1F. The minimum atomic E-state index is -1.48. The highest BCUT2D eigenvalue weighted by Gasteiger charge is 2.44. The first kappa shape index (κ1) is 13.5. The lowest BCUT2D eigenvalue weighted by atomic mass is 9.92. The second-order valence-electron chi connectivity index (χ2n) is 5.70. The summed E-state index contributed by atoms with van der Waals surface area (Å²) in [4.78, 5) is 0. The highest BCUT2D eigenvalue weighted by atomic mass is 19.1. The Labute approximate surface area is 107 Å². The van der Waals surface area contributed by atoms with Gasteiger partial charge in [0.1, 0.15) is 5.82 Å². The van der Waals surface area contributed by atoms with E-state index in [9.17, 15) is 9.50 Å². The van der Waals surface area contributed by atoms with Gasteiger partial charge in [-0.3, -0.25) is 0 Å². The van der Waals surface area contributed by atoms with Gasteiger partial charge in [-0.15, -0.1) is 0 Å². The first-order chi connectivity index (χ1) is 8.24. The standard InChI is InChI=1S/C14H20FNO2/c1-9-5-6-11(7-12(9)15)14(17)10(2)16-13(3,4)8-18-14/h5-7,10,16-17H,8H2,1-4H3. The molecule has 1 aromatic carbocycles. The van der Waals surface area contributed by atoms with Gasteiger partial charge >= 0.3 is 0 Å². The minimum Gasteiger partial charge on any atom is -0.361 e. The topological polar surface area (TPSA) is 41.5 Å². The smallest absolute Gasteiger partial charge is 0.208 e. The van der Waals surface area contributed by atoms with Crippen LogP contribution in [0.25, 0.3) is 0 Å². The molecule has 0 saturated carbocycles. The third-order valence-electron chi connectivity index (χ3n) is 3.43. The van der Waals surface area contributed by atoms with E-state index in [1.165, 1.54) is 6.07 Å². The normalized spacial score (nSPS) is 31.3. The molecule has 3 nitrogen and oxygen atoms in total. The molecule has 0 bridgehead atoms. The molecule has 4 heteroatoms. The number of morpholine rings is 1. The molecule has 1 fully saturated rings. The van der Waals surface area contributed by atoms with Crippen molar-refractivity contribution in [3.63, 3.8) is 0 Å². The molecule has 0 aromatic heterocycles. The van der Waals surface area contributed by atoms with Gasteiger partial charge in [-0.2, -0.15) is 0 Å². The number of ether oxygens (including phenoxy) is 1. The second-order valence-corrected chi connectivity index (χ2v) is 5.70. The van der Waals surface area contributed by atoms with Gasteiger partial charge < -0.3 is 15.2 Å². The van der Waals surface area contributed by atoms with Crippen LogP contribution in [0, 0.1) is 12.7 Å². The van der Waals surface area contributed by atoms with Crippen LogP contribution in [0.2, 0.25) is 0 Å². The van der Waals surface area contributed by atoms with Crippen molar-refractivity contribution < 1.29 is 14.2 Å². The molecule has 1 aliphatic heterocycles. The lowest BCUT2D eigenvalue weighted by molar-refractivity contribution is -0.263. The molecule has 0 spiro atoms. The summed E-state index contributed by atoms with van der Waals surface area (Å²) in [5.41, 5.74) is 0.801. The Balaban J connectivity index is 2.34. The van der Waals surface area contributed by atoms with Crippen molar-refractivity contribution in [2.24, 2.45) is 0 Å². The van der Waals surface area contributed by atoms with Crippen LogP contribution in [0.5, 0.6) is 0 Å². The van der Waals surface area contributed by atoms with E-state index >= 15 is 0 Å². The lowest BCUT2D eigenvalue weighted by Gasteiger charge is -2.46. The van der Waals surface area contributed by atoms with Crippen LogP contribution in [0.15, 0.2) is 18.2 Å². The van der Waals surface area contributed by atoms with Gasteiger partial charge in [-0.25, -0.2) is 4.39 Å². The van der Waals surface area contributed by atoms with Crippen LogP contribution in [-0.4, -0.2) is 23.3 Å². The Morgan fingerprint density at radius 2 is 2.11 bits per heavy atom. The van der Waals surface area contributed by atoms with Crippen LogP contribution in [0.1, 0.15) is 31.9 Å². The van der Waals surface area contributed by atoms with Gasteiger partial charge in [0.25, 0.3) is 0 Å². The quantitative estimate of drug-likeness (QED) is 0.805. The zero-order chi connectivity index (χ0) is 13.6. The highest BCUT2D eigenvalue weighted by Crippen LogP contribution is 2.33. The molecule has 1 aliphatic rings. The van der Waals surface area contributed by atoms with Crippen molar-refractivity contribution in [1.82, 2.24) is 5.32 Å². The average Bonchev–Trinajstić information content (AvgIpc) is 2.27. The van der Waals surface area contributed by atoms with Gasteiger partial charge in [0, 0.05) is 11.1 Å². The monoisotopic (exact) mass is 253 g/mol. The van der Waals surface area contributed by atoms with E-state index in [1.807, 2.05) is 20.8 Å². The van der Waals surface area contributed by atoms with Gasteiger partial charge in [-0.1, -0.05) is 12.1 Å². The van der Waals surface area contributed by atoms with Crippen molar-refractivity contribution >= 4 is 0 Å². The van der Waals surface area contributed by atoms with Gasteiger partial charge in [0.05, 0.1) is 12.6 Å². The Bertz CT molecular complexity index is 461. The third kappa shape index (κ3) is 2.28. The fourth-order valence-corrected chi connectivity index (χ4v) is 2.29. The fraction of sp³-hybridized carbons (Fsp3) is 0.571. The zero-order valence-electron chi connectivity index (χ0n) is 11.2. The highest BCUT2D eigenvalue weighted by molar-refractivity contribution is 5.28. The Kier molecular flexibility index (Phi) is 3.21. The van der Waals surface area contributed by atoms with Crippen LogP contribution in [0.3, 0.4) is 0 Å². The minimum absolute atomic E-state index is 0.200. The van der Waals surface area contributed by atoms with Gasteiger partial charge in [0.2, 0.25) is 5.79 Å². The van der Waals surface area contributed by atoms with Crippen molar-refractivity contribution in [2.75, 3.05) is 6.61 Å². The Morgan fingerprint density at radius 1 is 1.44 bits per heavy atom. The summed E-state index contributed by atoms with van der Waals surface area (Å²) in [6.45, 7) is 7.88. The van der Waals surface area contributed by atoms with Crippen molar-refractivity contribution in [3.8, 4) is 0 Å². The summed E-state index contributed by atoms with van der Waals surface area (Å²) in [6, 6.07) is 4.38. The summed E-state index contributed by atoms with van der Waals surface area (Å²) in [5.74, 6) is -1.81. The number of benzene rings is 1. The predicted octanol–water partition coefficient (Wildman–Crippen LogP) is 2.07. The summed E-state index contributed by atoms with van der Waals surface area (Å²) in [5, 5.41) is 13.9. The van der Waals surface area contributed by atoms with E-state index in [1.54, 1.807) is 19.1 Å². The summed E-state index contributed by atoms with van der Waals surface area (Å²) < 4.78 is 19.2. The molecule has 0 amide bonds. The number of aryl methyl sites for hydroxylation is 1. The molecule has 2 unspecified atom stereocenters. The Morgan fingerprint density at radius 3 is 2.67 bits per heavy atom. The van der Waals surface area contributed by atoms with E-state index in [-0.39, 0.29) is 17.4 Å². The lowest BCUT2D eigenvalue weighted by Crippen LogP contribution is -2.63. The molecule has 1 heterocycles. The van der Waals surface area contributed by atoms with Crippen molar-refractivity contribution in [1.29, 1.82) is 0 Å². The number of halogens is 1. The number of hydrogen-bond donors (Lipinski definition) is 2. The maximum atomic E-state index is 13.6. The molecule has 18 heavy (non-hydrogen) atoms. The molecule has 2 rings (SSSR count). The van der Waals surface area contributed by atoms with E-state index < -0.39 is 5.79 Å². The Hall–Kier alpha value is -0.970. The summed E-state index contributed by atoms with van der Waals surface area (Å²) in [6.07, 6.45) is 0. The molecule has 2 N–H and O–H groups in total. The first-order valence-corrected chi connectivity index (χ1v) is 6.15. The summed E-state index contributed by atoms with van der Waals surface area (Å²) in [7, 11) is 0. The van der Waals surface area contributed by atoms with E-state index in [0.29, 0.717) is 17.7 Å². The summed E-state index contributed by atoms with van der Waals surface area (Å²) >= 11 is 0. The largest absolute Gasteiger partial charge is 0.361 e. The van der Waals surface area contributed by atoms with Crippen LogP contribution < -0.4 is 5.32 Å². The number of aliphatic hydroxyl groups is 1. The van der Waals surface area contributed by atoms with Gasteiger partial charge in [-0.05, 0) is 39.3 Å². The molecular weight excluding hydrogens is 233 g/mol. The molecule has 2 atom stereocenters. The van der Waals surface area contributed by atoms with Crippen LogP contribution in [-0.2, 0) is 10.5 Å². The third-order valence-corrected chi connectivity index (χ3v) is 3.43. The molecule has 0 radical (unpaired) electrons.